The van der Waals surface area contributed by atoms with E-state index in [0.717, 1.165) is 0 Å². The highest BCUT2D eigenvalue weighted by molar-refractivity contribution is 7.89. The van der Waals surface area contributed by atoms with Crippen LogP contribution in [0.4, 0.5) is 5.82 Å². The second kappa shape index (κ2) is 5.44. The van der Waals surface area contributed by atoms with Crippen molar-refractivity contribution >= 4 is 15.8 Å². The first kappa shape index (κ1) is 13.9. The molecule has 7 heteroatoms. The summed E-state index contributed by atoms with van der Waals surface area (Å²) in [6.45, 7) is 4.57. The summed E-state index contributed by atoms with van der Waals surface area (Å²) in [5.74, 6) is 0.946. The van der Waals surface area contributed by atoms with Crippen LogP contribution in [0.3, 0.4) is 0 Å². The number of sulfonamides is 1. The third-order valence-electron chi connectivity index (χ3n) is 2.46. The molecule has 0 aliphatic rings. The maximum Gasteiger partial charge on any atom is 0.239 e. The molecule has 0 aromatic carbocycles. The monoisotopic (exact) mass is 258 g/mol. The van der Waals surface area contributed by atoms with Crippen LogP contribution in [0.15, 0.2) is 23.2 Å². The Morgan fingerprint density at radius 2 is 2.06 bits per heavy atom. The van der Waals surface area contributed by atoms with Crippen LogP contribution in [-0.4, -0.2) is 26.0 Å². The van der Waals surface area contributed by atoms with Gasteiger partial charge in [-0.15, -0.1) is 0 Å². The molecular weight excluding hydrogens is 240 g/mol. The SMILES string of the molecule is CC(C)C(CN)Nc1ccc(S(N)(=O)=O)cn1. The van der Waals surface area contributed by atoms with E-state index in [9.17, 15) is 8.42 Å². The topological polar surface area (TPSA) is 111 Å². The summed E-state index contributed by atoms with van der Waals surface area (Å²) in [5, 5.41) is 8.11. The smallest absolute Gasteiger partial charge is 0.239 e. The average molecular weight is 258 g/mol. The molecule has 0 amide bonds. The summed E-state index contributed by atoms with van der Waals surface area (Å²) in [5.41, 5.74) is 5.61. The molecule has 1 atom stereocenters. The van der Waals surface area contributed by atoms with Gasteiger partial charge in [-0.25, -0.2) is 18.5 Å². The Labute approximate surface area is 101 Å². The maximum atomic E-state index is 11.0. The molecule has 1 heterocycles. The number of hydrogen-bond donors (Lipinski definition) is 3. The third-order valence-corrected chi connectivity index (χ3v) is 3.36. The molecule has 0 radical (unpaired) electrons. The van der Waals surface area contributed by atoms with Gasteiger partial charge >= 0.3 is 0 Å². The van der Waals surface area contributed by atoms with Crippen molar-refractivity contribution in [1.82, 2.24) is 4.98 Å². The van der Waals surface area contributed by atoms with E-state index in [-0.39, 0.29) is 10.9 Å². The highest BCUT2D eigenvalue weighted by Gasteiger charge is 2.12. The molecule has 96 valence electrons. The van der Waals surface area contributed by atoms with Crippen molar-refractivity contribution in [2.75, 3.05) is 11.9 Å². The number of aromatic nitrogens is 1. The van der Waals surface area contributed by atoms with Gasteiger partial charge in [0.1, 0.15) is 10.7 Å². The Balaban J connectivity index is 2.82. The number of nitrogens with two attached hydrogens (primary N) is 2. The molecule has 0 aliphatic carbocycles. The number of nitrogens with zero attached hydrogens (tertiary/aromatic N) is 1. The lowest BCUT2D eigenvalue weighted by atomic mass is 10.1. The quantitative estimate of drug-likeness (QED) is 0.695. The van der Waals surface area contributed by atoms with Gasteiger partial charge in [-0.3, -0.25) is 0 Å². The summed E-state index contributed by atoms with van der Waals surface area (Å²) in [6.07, 6.45) is 1.23. The predicted octanol–water partition coefficient (Wildman–Crippen LogP) is 0.124. The van der Waals surface area contributed by atoms with Crippen LogP contribution in [0.1, 0.15) is 13.8 Å². The highest BCUT2D eigenvalue weighted by atomic mass is 32.2. The van der Waals surface area contributed by atoms with Crippen LogP contribution in [0.2, 0.25) is 0 Å². The van der Waals surface area contributed by atoms with Crippen LogP contribution in [0.25, 0.3) is 0 Å². The fraction of sp³-hybridized carbons (Fsp3) is 0.500. The van der Waals surface area contributed by atoms with Gasteiger partial charge in [0.15, 0.2) is 0 Å². The van der Waals surface area contributed by atoms with Gasteiger partial charge in [0.2, 0.25) is 10.0 Å². The van der Waals surface area contributed by atoms with Crippen LogP contribution in [-0.2, 0) is 10.0 Å². The Bertz CT molecular complexity index is 456. The second-order valence-electron chi connectivity index (χ2n) is 4.15. The molecule has 17 heavy (non-hydrogen) atoms. The van der Waals surface area contributed by atoms with E-state index in [1.165, 1.54) is 12.3 Å². The van der Waals surface area contributed by atoms with Gasteiger partial charge < -0.3 is 11.1 Å². The zero-order valence-electron chi connectivity index (χ0n) is 9.92. The van der Waals surface area contributed by atoms with E-state index >= 15 is 0 Å². The molecular formula is C10H18N4O2S. The molecule has 0 aliphatic heterocycles. The molecule has 6 nitrogen and oxygen atoms in total. The largest absolute Gasteiger partial charge is 0.366 e. The van der Waals surface area contributed by atoms with Crippen LogP contribution >= 0.6 is 0 Å². The number of rotatable bonds is 5. The van der Waals surface area contributed by atoms with E-state index in [2.05, 4.69) is 10.3 Å². The number of hydrogen-bond acceptors (Lipinski definition) is 5. The first-order chi connectivity index (χ1) is 7.84. The molecule has 1 rings (SSSR count). The highest BCUT2D eigenvalue weighted by Crippen LogP contribution is 2.12. The van der Waals surface area contributed by atoms with Gasteiger partial charge in [-0.2, -0.15) is 0 Å². The summed E-state index contributed by atoms with van der Waals surface area (Å²) < 4.78 is 22.1. The molecule has 0 bridgehead atoms. The predicted molar refractivity (Wildman–Crippen MR) is 66.9 cm³/mol. The van der Waals surface area contributed by atoms with Crippen molar-refractivity contribution in [3.8, 4) is 0 Å². The standard InChI is InChI=1S/C10H18N4O2S/c1-7(2)9(5-11)14-10-4-3-8(6-13-10)17(12,15)16/h3-4,6-7,9H,5,11H2,1-2H3,(H,13,14)(H2,12,15,16). The fourth-order valence-corrected chi connectivity index (χ4v) is 1.78. The van der Waals surface area contributed by atoms with Crippen LogP contribution < -0.4 is 16.2 Å². The lowest BCUT2D eigenvalue weighted by Crippen LogP contribution is -2.34. The number of nitrogens with one attached hydrogen (secondary N) is 1. The lowest BCUT2D eigenvalue weighted by molar-refractivity contribution is 0.530. The van der Waals surface area contributed by atoms with E-state index in [1.807, 2.05) is 13.8 Å². The Hall–Kier alpha value is -1.18. The molecule has 1 unspecified atom stereocenters. The lowest BCUT2D eigenvalue weighted by Gasteiger charge is -2.20. The van der Waals surface area contributed by atoms with Gasteiger partial charge in [-0.05, 0) is 18.1 Å². The van der Waals surface area contributed by atoms with E-state index in [1.54, 1.807) is 6.07 Å². The van der Waals surface area contributed by atoms with Crippen LogP contribution in [0.5, 0.6) is 0 Å². The average Bonchev–Trinajstić information content (AvgIpc) is 2.25. The summed E-state index contributed by atoms with van der Waals surface area (Å²) in [6, 6.07) is 3.09. The molecule has 0 fully saturated rings. The van der Waals surface area contributed by atoms with Crippen molar-refractivity contribution in [3.63, 3.8) is 0 Å². The Morgan fingerprint density at radius 1 is 1.41 bits per heavy atom. The number of primary sulfonamides is 1. The summed E-state index contributed by atoms with van der Waals surface area (Å²) >= 11 is 0. The van der Waals surface area contributed by atoms with E-state index < -0.39 is 10.0 Å². The first-order valence-corrected chi connectivity index (χ1v) is 6.84. The summed E-state index contributed by atoms with van der Waals surface area (Å²) in [7, 11) is -3.68. The zero-order chi connectivity index (χ0) is 13.1. The number of pyridine rings is 1. The molecule has 0 spiro atoms. The summed E-state index contributed by atoms with van der Waals surface area (Å²) in [4.78, 5) is 3.99. The third kappa shape index (κ3) is 3.95. The molecule has 5 N–H and O–H groups in total. The maximum absolute atomic E-state index is 11.0. The van der Waals surface area contributed by atoms with Crippen molar-refractivity contribution in [3.05, 3.63) is 18.3 Å². The molecule has 1 aromatic rings. The molecule has 0 saturated heterocycles. The molecule has 0 saturated carbocycles. The minimum absolute atomic E-state index is 0.00287. The van der Waals surface area contributed by atoms with Crippen molar-refractivity contribution in [2.45, 2.75) is 24.8 Å². The van der Waals surface area contributed by atoms with Gasteiger partial charge in [0.25, 0.3) is 0 Å². The van der Waals surface area contributed by atoms with Gasteiger partial charge in [0, 0.05) is 18.8 Å². The van der Waals surface area contributed by atoms with E-state index in [4.69, 9.17) is 10.9 Å². The minimum Gasteiger partial charge on any atom is -0.366 e. The van der Waals surface area contributed by atoms with Gasteiger partial charge in [-0.1, -0.05) is 13.8 Å². The minimum atomic E-state index is -3.68. The zero-order valence-corrected chi connectivity index (χ0v) is 10.7. The van der Waals surface area contributed by atoms with E-state index in [0.29, 0.717) is 18.3 Å². The number of anilines is 1. The van der Waals surface area contributed by atoms with Crippen molar-refractivity contribution in [1.29, 1.82) is 0 Å². The first-order valence-electron chi connectivity index (χ1n) is 5.30. The van der Waals surface area contributed by atoms with Crippen molar-refractivity contribution in [2.24, 2.45) is 16.8 Å². The normalized spacial score (nSPS) is 13.7. The Morgan fingerprint density at radius 3 is 2.41 bits per heavy atom. The molecule has 1 aromatic heterocycles. The Kier molecular flexibility index (Phi) is 4.44. The van der Waals surface area contributed by atoms with Gasteiger partial charge in [0.05, 0.1) is 0 Å². The fourth-order valence-electron chi connectivity index (χ4n) is 1.32. The van der Waals surface area contributed by atoms with Crippen LogP contribution in [0, 0.1) is 5.92 Å². The van der Waals surface area contributed by atoms with Crippen molar-refractivity contribution < 1.29 is 8.42 Å². The second-order valence-corrected chi connectivity index (χ2v) is 5.72.